The summed E-state index contributed by atoms with van der Waals surface area (Å²) in [4.78, 5) is 11.8. The van der Waals surface area contributed by atoms with Crippen LogP contribution in [0.25, 0.3) is 0 Å². The molecule has 25 heavy (non-hydrogen) atoms. The third-order valence-corrected chi connectivity index (χ3v) is 4.36. The minimum absolute atomic E-state index is 0.130. The lowest BCUT2D eigenvalue weighted by atomic mass is 10.2. The van der Waals surface area contributed by atoms with E-state index in [2.05, 4.69) is 26.6 Å². The van der Waals surface area contributed by atoms with Gasteiger partial charge in [0, 0.05) is 22.0 Å². The third-order valence-electron chi connectivity index (χ3n) is 2.98. The van der Waals surface area contributed by atoms with E-state index in [1.165, 1.54) is 24.4 Å². The van der Waals surface area contributed by atoms with E-state index in [1.54, 1.807) is 30.3 Å². The van der Waals surface area contributed by atoms with Crippen molar-refractivity contribution in [2.45, 2.75) is 4.90 Å². The van der Waals surface area contributed by atoms with Gasteiger partial charge in [-0.15, -0.1) is 0 Å². The molecular formula is C16H12BrN3O4S. The predicted molar refractivity (Wildman–Crippen MR) is 96.3 cm³/mol. The van der Waals surface area contributed by atoms with Crippen molar-refractivity contribution >= 4 is 43.3 Å². The highest BCUT2D eigenvalue weighted by Crippen LogP contribution is 2.17. The fourth-order valence-corrected chi connectivity index (χ4v) is 2.57. The number of benzene rings is 2. The van der Waals surface area contributed by atoms with Crippen LogP contribution >= 0.6 is 15.9 Å². The van der Waals surface area contributed by atoms with Crippen LogP contribution < -0.4 is 10.6 Å². The lowest BCUT2D eigenvalue weighted by Crippen LogP contribution is -2.15. The number of nitriles is 1. The highest BCUT2D eigenvalue weighted by molar-refractivity contribution is 9.10. The van der Waals surface area contributed by atoms with E-state index in [1.807, 2.05) is 0 Å². The molecule has 2 aromatic rings. The van der Waals surface area contributed by atoms with E-state index in [0.717, 1.165) is 10.5 Å². The molecule has 1 amide bonds. The molecule has 7 nitrogen and oxygen atoms in total. The van der Waals surface area contributed by atoms with E-state index in [0.29, 0.717) is 5.69 Å². The molecular weight excluding hydrogens is 410 g/mol. The molecule has 0 fully saturated rings. The van der Waals surface area contributed by atoms with E-state index >= 15 is 0 Å². The van der Waals surface area contributed by atoms with Crippen molar-refractivity contribution in [1.82, 2.24) is 0 Å². The summed E-state index contributed by atoms with van der Waals surface area (Å²) < 4.78 is 32.1. The second-order valence-corrected chi connectivity index (χ2v) is 7.12. The van der Waals surface area contributed by atoms with Gasteiger partial charge in [-0.05, 0) is 42.5 Å². The molecule has 0 radical (unpaired) electrons. The molecule has 0 aliphatic heterocycles. The second kappa shape index (κ2) is 7.94. The molecule has 2 rings (SSSR count). The molecule has 0 saturated carbocycles. The van der Waals surface area contributed by atoms with Gasteiger partial charge < -0.3 is 10.6 Å². The zero-order chi connectivity index (χ0) is 18.4. The molecule has 0 unspecified atom stereocenters. The fraction of sp³-hybridized carbons (Fsp3) is 0. The average Bonchev–Trinajstić information content (AvgIpc) is 2.56. The zero-order valence-corrected chi connectivity index (χ0v) is 15.0. The number of rotatable bonds is 5. The van der Waals surface area contributed by atoms with Crippen LogP contribution in [-0.2, 0) is 14.9 Å². The summed E-state index contributed by atoms with van der Waals surface area (Å²) in [5.74, 6) is -0.723. The number of nitrogens with zero attached hydrogens (tertiary/aromatic N) is 1. The molecule has 0 spiro atoms. The van der Waals surface area contributed by atoms with Crippen LogP contribution in [0.15, 0.2) is 69.7 Å². The highest BCUT2D eigenvalue weighted by atomic mass is 79.9. The van der Waals surface area contributed by atoms with Gasteiger partial charge in [0.1, 0.15) is 11.6 Å². The molecule has 0 aromatic heterocycles. The fourth-order valence-electron chi connectivity index (χ4n) is 1.78. The largest absolute Gasteiger partial charge is 0.360 e. The Morgan fingerprint density at radius 1 is 1.16 bits per heavy atom. The molecule has 128 valence electrons. The smallest absolute Gasteiger partial charge is 0.294 e. The van der Waals surface area contributed by atoms with Crippen molar-refractivity contribution in [2.24, 2.45) is 0 Å². The summed E-state index contributed by atoms with van der Waals surface area (Å²) in [6.45, 7) is 0. The first-order valence-corrected chi connectivity index (χ1v) is 9.04. The van der Waals surface area contributed by atoms with Crippen LogP contribution in [0.4, 0.5) is 11.4 Å². The quantitative estimate of drug-likeness (QED) is 0.387. The Balaban J connectivity index is 2.14. The van der Waals surface area contributed by atoms with Gasteiger partial charge in [0.15, 0.2) is 0 Å². The summed E-state index contributed by atoms with van der Waals surface area (Å²) in [5.41, 5.74) is 0.599. The van der Waals surface area contributed by atoms with Crippen LogP contribution in [0, 0.1) is 11.3 Å². The summed E-state index contributed by atoms with van der Waals surface area (Å²) in [6, 6.07) is 13.9. The molecule has 2 aromatic carbocycles. The van der Waals surface area contributed by atoms with Gasteiger partial charge in [0.05, 0.1) is 4.90 Å². The minimum atomic E-state index is -4.38. The Labute approximate surface area is 152 Å². The van der Waals surface area contributed by atoms with Crippen molar-refractivity contribution in [2.75, 3.05) is 10.6 Å². The first-order chi connectivity index (χ1) is 11.8. The lowest BCUT2D eigenvalue weighted by molar-refractivity contribution is -0.112. The average molecular weight is 422 g/mol. The Bertz CT molecular complexity index is 964. The van der Waals surface area contributed by atoms with Crippen LogP contribution in [-0.4, -0.2) is 18.9 Å². The molecule has 3 N–H and O–H groups in total. The first kappa shape index (κ1) is 18.7. The van der Waals surface area contributed by atoms with Crippen LogP contribution in [0.2, 0.25) is 0 Å². The van der Waals surface area contributed by atoms with Gasteiger partial charge in [0.2, 0.25) is 0 Å². The van der Waals surface area contributed by atoms with Gasteiger partial charge in [-0.1, -0.05) is 22.0 Å². The molecule has 0 saturated heterocycles. The van der Waals surface area contributed by atoms with E-state index in [9.17, 15) is 13.2 Å². The Morgan fingerprint density at radius 2 is 1.84 bits per heavy atom. The first-order valence-electron chi connectivity index (χ1n) is 6.81. The number of hydrogen-bond acceptors (Lipinski definition) is 5. The maximum atomic E-state index is 12.1. The summed E-state index contributed by atoms with van der Waals surface area (Å²) in [6.07, 6.45) is 1.24. The summed E-state index contributed by atoms with van der Waals surface area (Å²) in [5, 5.41) is 14.3. The number of carbonyl (C=O) groups excluding carboxylic acids is 1. The van der Waals surface area contributed by atoms with E-state index in [4.69, 9.17) is 9.81 Å². The van der Waals surface area contributed by atoms with Crippen LogP contribution in [0.3, 0.4) is 0 Å². The Kier molecular flexibility index (Phi) is 5.93. The second-order valence-electron chi connectivity index (χ2n) is 4.78. The van der Waals surface area contributed by atoms with E-state index in [-0.39, 0.29) is 16.2 Å². The Hall–Kier alpha value is -2.67. The molecule has 9 heteroatoms. The number of amides is 1. The SMILES string of the molecule is N#C/C(=C/Nc1ccc(Br)cc1)C(=O)Nc1cccc(S(=O)(=O)O)c1. The topological polar surface area (TPSA) is 119 Å². The summed E-state index contributed by atoms with van der Waals surface area (Å²) in [7, 11) is -4.38. The molecule has 0 heterocycles. The van der Waals surface area contributed by atoms with Crippen molar-refractivity contribution in [1.29, 1.82) is 5.26 Å². The number of hydrogen-bond donors (Lipinski definition) is 3. The van der Waals surface area contributed by atoms with Crippen LogP contribution in [0.5, 0.6) is 0 Å². The maximum absolute atomic E-state index is 12.1. The van der Waals surface area contributed by atoms with Gasteiger partial charge in [-0.3, -0.25) is 9.35 Å². The van der Waals surface area contributed by atoms with Crippen molar-refractivity contribution in [3.05, 3.63) is 64.8 Å². The highest BCUT2D eigenvalue weighted by Gasteiger charge is 2.13. The van der Waals surface area contributed by atoms with Gasteiger partial charge in [-0.2, -0.15) is 13.7 Å². The third kappa shape index (κ3) is 5.42. The number of nitrogens with one attached hydrogen (secondary N) is 2. The molecule has 0 bridgehead atoms. The van der Waals surface area contributed by atoms with Crippen molar-refractivity contribution in [3.8, 4) is 6.07 Å². The zero-order valence-electron chi connectivity index (χ0n) is 12.6. The number of anilines is 2. The van der Waals surface area contributed by atoms with E-state index < -0.39 is 16.0 Å². The monoisotopic (exact) mass is 421 g/mol. The standard InChI is InChI=1S/C16H12BrN3O4S/c17-12-4-6-13(7-5-12)19-10-11(9-18)16(21)20-14-2-1-3-15(8-14)25(22,23)24/h1-8,10,19H,(H,20,21)(H,22,23,24)/b11-10-. The molecule has 0 atom stereocenters. The number of halogens is 1. The number of carbonyl (C=O) groups is 1. The Morgan fingerprint density at radius 3 is 2.44 bits per heavy atom. The maximum Gasteiger partial charge on any atom is 0.294 e. The summed E-state index contributed by atoms with van der Waals surface area (Å²) >= 11 is 3.30. The van der Waals surface area contributed by atoms with Gasteiger partial charge >= 0.3 is 0 Å². The molecule has 0 aliphatic rings. The lowest BCUT2D eigenvalue weighted by Gasteiger charge is -2.06. The normalized spacial score (nSPS) is 11.5. The molecule has 0 aliphatic carbocycles. The van der Waals surface area contributed by atoms with Gasteiger partial charge in [0.25, 0.3) is 16.0 Å². The predicted octanol–water partition coefficient (Wildman–Crippen LogP) is 3.15. The van der Waals surface area contributed by atoms with Crippen molar-refractivity contribution < 1.29 is 17.8 Å². The van der Waals surface area contributed by atoms with Gasteiger partial charge in [-0.25, -0.2) is 0 Å². The van der Waals surface area contributed by atoms with Crippen LogP contribution in [0.1, 0.15) is 0 Å². The van der Waals surface area contributed by atoms with Crippen molar-refractivity contribution in [3.63, 3.8) is 0 Å². The minimum Gasteiger partial charge on any atom is -0.360 e.